The predicted molar refractivity (Wildman–Crippen MR) is 91.2 cm³/mol. The van der Waals surface area contributed by atoms with Gasteiger partial charge in [0.15, 0.2) is 17.2 Å². The highest BCUT2D eigenvalue weighted by molar-refractivity contribution is 8.15. The maximum atomic E-state index is 11.3. The maximum Gasteiger partial charge on any atom is 0.257 e. The van der Waals surface area contributed by atoms with Gasteiger partial charge in [-0.3, -0.25) is 4.79 Å². The highest BCUT2D eigenvalue weighted by atomic mass is 32.2. The summed E-state index contributed by atoms with van der Waals surface area (Å²) in [7, 11) is 1.62. The van der Waals surface area contributed by atoms with Crippen LogP contribution in [0, 0.1) is 0 Å². The fourth-order valence-corrected chi connectivity index (χ4v) is 3.13. The number of ether oxygens (including phenoxy) is 1. The average Bonchev–Trinajstić information content (AvgIpc) is 3.22. The molecule has 1 amide bonds. The molecule has 1 aromatic carbocycles. The lowest BCUT2D eigenvalue weighted by Gasteiger charge is -2.03. The summed E-state index contributed by atoms with van der Waals surface area (Å²) in [6, 6.07) is 9.32. The molecule has 1 aliphatic heterocycles. The molecule has 0 saturated carbocycles. The molecular formula is C15H12N6O2S. The Bertz CT molecular complexity index is 980. The number of carbonyl (C=O) groups excluding carboxylic acids is 1. The quantitative estimate of drug-likeness (QED) is 0.768. The number of aromatic nitrogens is 4. The molecule has 0 unspecified atom stereocenters. The number of rotatable bonds is 3. The van der Waals surface area contributed by atoms with Crippen LogP contribution in [-0.4, -0.2) is 43.6 Å². The van der Waals surface area contributed by atoms with E-state index in [0.29, 0.717) is 33.6 Å². The molecule has 0 spiro atoms. The number of nitrogens with two attached hydrogens (primary N) is 1. The van der Waals surface area contributed by atoms with E-state index in [1.165, 1.54) is 16.3 Å². The summed E-state index contributed by atoms with van der Waals surface area (Å²) in [6.45, 7) is 0. The minimum absolute atomic E-state index is 0.198. The monoisotopic (exact) mass is 340 g/mol. The van der Waals surface area contributed by atoms with Gasteiger partial charge in [0.2, 0.25) is 0 Å². The van der Waals surface area contributed by atoms with Crippen molar-refractivity contribution in [3.63, 3.8) is 0 Å². The van der Waals surface area contributed by atoms with Crippen molar-refractivity contribution in [2.75, 3.05) is 18.6 Å². The van der Waals surface area contributed by atoms with E-state index in [2.05, 4.69) is 20.3 Å². The molecule has 0 fully saturated rings. The highest BCUT2D eigenvalue weighted by Gasteiger charge is 2.22. The molecular weight excluding hydrogens is 328 g/mol. The lowest BCUT2D eigenvalue weighted by atomic mass is 10.1. The number of amides is 1. The minimum atomic E-state index is -0.198. The van der Waals surface area contributed by atoms with Crippen LogP contribution in [0.1, 0.15) is 5.69 Å². The van der Waals surface area contributed by atoms with Gasteiger partial charge < -0.3 is 10.5 Å². The zero-order valence-electron chi connectivity index (χ0n) is 12.6. The van der Waals surface area contributed by atoms with E-state index in [0.717, 1.165) is 11.3 Å². The highest BCUT2D eigenvalue weighted by Crippen LogP contribution is 2.26. The third kappa shape index (κ3) is 2.38. The second kappa shape index (κ2) is 5.60. The van der Waals surface area contributed by atoms with Crippen molar-refractivity contribution < 1.29 is 9.53 Å². The van der Waals surface area contributed by atoms with E-state index in [1.54, 1.807) is 13.2 Å². The number of benzene rings is 1. The van der Waals surface area contributed by atoms with Gasteiger partial charge in [0.05, 0.1) is 18.6 Å². The Balaban J connectivity index is 1.79. The van der Waals surface area contributed by atoms with E-state index >= 15 is 0 Å². The number of hydrogen-bond acceptors (Lipinski definition) is 7. The minimum Gasteiger partial charge on any atom is -0.497 e. The molecule has 8 nitrogen and oxygen atoms in total. The van der Waals surface area contributed by atoms with E-state index in [9.17, 15) is 4.79 Å². The molecule has 0 radical (unpaired) electrons. The number of nitrogens with zero attached hydrogens (tertiary/aromatic N) is 5. The molecule has 0 aliphatic carbocycles. The second-order valence-corrected chi connectivity index (χ2v) is 6.03. The third-order valence-electron chi connectivity index (χ3n) is 3.56. The topological polar surface area (TPSA) is 108 Å². The first-order chi connectivity index (χ1) is 11.7. The van der Waals surface area contributed by atoms with Crippen LogP contribution in [-0.2, 0) is 4.79 Å². The summed E-state index contributed by atoms with van der Waals surface area (Å²) in [5.74, 6) is 1.17. The molecule has 4 rings (SSSR count). The van der Waals surface area contributed by atoms with Crippen LogP contribution in [0.15, 0.2) is 35.3 Å². The van der Waals surface area contributed by atoms with E-state index in [4.69, 9.17) is 10.5 Å². The molecule has 0 saturated heterocycles. The molecule has 2 aromatic heterocycles. The fraction of sp³-hybridized carbons (Fsp3) is 0.133. The Morgan fingerprint density at radius 2 is 2.04 bits per heavy atom. The lowest BCUT2D eigenvalue weighted by molar-refractivity contribution is -0.115. The second-order valence-electron chi connectivity index (χ2n) is 5.06. The Labute approximate surface area is 140 Å². The summed E-state index contributed by atoms with van der Waals surface area (Å²) >= 11 is 1.30. The molecule has 3 heterocycles. The number of methoxy groups -OCH3 is 1. The van der Waals surface area contributed by atoms with Gasteiger partial charge in [-0.2, -0.15) is 9.61 Å². The largest absolute Gasteiger partial charge is 0.497 e. The molecule has 9 heteroatoms. The molecule has 2 N–H and O–H groups in total. The number of carbonyl (C=O) groups is 1. The number of nitrogen functional groups attached to an aromatic ring is 1. The smallest absolute Gasteiger partial charge is 0.257 e. The Morgan fingerprint density at radius 3 is 2.71 bits per heavy atom. The van der Waals surface area contributed by atoms with Crippen LogP contribution in [0.5, 0.6) is 5.75 Å². The molecule has 0 atom stereocenters. The number of aliphatic imine (C=N–C) groups is 1. The van der Waals surface area contributed by atoms with E-state index in [-0.39, 0.29) is 5.91 Å². The SMILES string of the molecule is COc1ccc(-c2cc3nnc(C4=NC(=O)CS4)c(N)n3n2)cc1. The Morgan fingerprint density at radius 1 is 1.25 bits per heavy atom. The Hall–Kier alpha value is -2.94. The van der Waals surface area contributed by atoms with Crippen molar-refractivity contribution in [1.82, 2.24) is 19.8 Å². The van der Waals surface area contributed by atoms with Crippen LogP contribution in [0.25, 0.3) is 16.9 Å². The number of thioether (sulfide) groups is 1. The van der Waals surface area contributed by atoms with Gasteiger partial charge in [-0.1, -0.05) is 11.8 Å². The summed E-state index contributed by atoms with van der Waals surface area (Å²) < 4.78 is 6.66. The molecule has 1 aliphatic rings. The van der Waals surface area contributed by atoms with Crippen molar-refractivity contribution in [3.05, 3.63) is 36.0 Å². The van der Waals surface area contributed by atoms with Crippen LogP contribution >= 0.6 is 11.8 Å². The van der Waals surface area contributed by atoms with Gasteiger partial charge in [0.1, 0.15) is 10.8 Å². The number of fused-ring (bicyclic) bond motifs is 1. The average molecular weight is 340 g/mol. The van der Waals surface area contributed by atoms with Crippen molar-refractivity contribution in [3.8, 4) is 17.0 Å². The summed E-state index contributed by atoms with van der Waals surface area (Å²) in [5, 5.41) is 13.2. The fourth-order valence-electron chi connectivity index (χ4n) is 2.36. The number of hydrogen-bond donors (Lipinski definition) is 1. The summed E-state index contributed by atoms with van der Waals surface area (Å²) in [5.41, 5.74) is 8.68. The molecule has 24 heavy (non-hydrogen) atoms. The van der Waals surface area contributed by atoms with E-state index in [1.807, 2.05) is 24.3 Å². The van der Waals surface area contributed by atoms with Crippen molar-refractivity contribution >= 4 is 34.2 Å². The van der Waals surface area contributed by atoms with Gasteiger partial charge in [-0.25, -0.2) is 4.99 Å². The van der Waals surface area contributed by atoms with Crippen LogP contribution in [0.4, 0.5) is 5.82 Å². The first kappa shape index (κ1) is 14.6. The van der Waals surface area contributed by atoms with Crippen molar-refractivity contribution in [1.29, 1.82) is 0 Å². The molecule has 0 bridgehead atoms. The maximum absolute atomic E-state index is 11.3. The Kier molecular flexibility index (Phi) is 3.42. The summed E-state index contributed by atoms with van der Waals surface area (Å²) in [6.07, 6.45) is 0. The van der Waals surface area contributed by atoms with Gasteiger partial charge in [0.25, 0.3) is 5.91 Å². The van der Waals surface area contributed by atoms with Gasteiger partial charge in [-0.05, 0) is 24.3 Å². The standard InChI is InChI=1S/C15H12N6O2S/c1-23-9-4-2-8(3-5-9)10-6-11-18-19-13(14(16)21(11)20-10)15-17-12(22)7-24-15/h2-6H,7,16H2,1H3. The van der Waals surface area contributed by atoms with Crippen LogP contribution in [0.2, 0.25) is 0 Å². The summed E-state index contributed by atoms with van der Waals surface area (Å²) in [4.78, 5) is 15.2. The number of anilines is 1. The first-order valence-corrected chi connectivity index (χ1v) is 8.05. The molecule has 3 aromatic rings. The van der Waals surface area contributed by atoms with E-state index < -0.39 is 0 Å². The van der Waals surface area contributed by atoms with Gasteiger partial charge in [0, 0.05) is 11.6 Å². The van der Waals surface area contributed by atoms with Crippen LogP contribution < -0.4 is 10.5 Å². The zero-order valence-corrected chi connectivity index (χ0v) is 13.4. The normalized spacial score (nSPS) is 14.2. The molecule has 120 valence electrons. The third-order valence-corrected chi connectivity index (χ3v) is 4.51. The lowest BCUT2D eigenvalue weighted by Crippen LogP contribution is -2.11. The zero-order chi connectivity index (χ0) is 16.7. The van der Waals surface area contributed by atoms with Crippen molar-refractivity contribution in [2.24, 2.45) is 4.99 Å². The van der Waals surface area contributed by atoms with Gasteiger partial charge in [-0.15, -0.1) is 10.2 Å². The first-order valence-electron chi connectivity index (χ1n) is 7.07. The van der Waals surface area contributed by atoms with Crippen LogP contribution in [0.3, 0.4) is 0 Å². The van der Waals surface area contributed by atoms with Gasteiger partial charge >= 0.3 is 0 Å². The van der Waals surface area contributed by atoms with Crippen molar-refractivity contribution in [2.45, 2.75) is 0 Å². The predicted octanol–water partition coefficient (Wildman–Crippen LogP) is 1.40.